The summed E-state index contributed by atoms with van der Waals surface area (Å²) < 4.78 is 65.8. The fourth-order valence-corrected chi connectivity index (χ4v) is 2.15. The molecule has 114 valence electrons. The van der Waals surface area contributed by atoms with E-state index in [-0.39, 0.29) is 17.1 Å². The van der Waals surface area contributed by atoms with Crippen LogP contribution in [0.3, 0.4) is 0 Å². The van der Waals surface area contributed by atoms with Crippen molar-refractivity contribution in [3.05, 3.63) is 24.3 Å². The predicted octanol–water partition coefficient (Wildman–Crippen LogP) is 2.14. The first-order valence-electron chi connectivity index (χ1n) is 5.84. The number of rotatable bonds is 5. The van der Waals surface area contributed by atoms with Crippen molar-refractivity contribution >= 4 is 9.84 Å². The van der Waals surface area contributed by atoms with Crippen LogP contribution in [0.5, 0.6) is 5.75 Å². The summed E-state index contributed by atoms with van der Waals surface area (Å²) in [5.41, 5.74) is 5.41. The number of sulfone groups is 1. The van der Waals surface area contributed by atoms with E-state index in [0.717, 1.165) is 6.26 Å². The Bertz CT molecular complexity index is 540. The fourth-order valence-electron chi connectivity index (χ4n) is 1.52. The molecule has 1 aromatic rings. The number of hydrogen-bond acceptors (Lipinski definition) is 4. The summed E-state index contributed by atoms with van der Waals surface area (Å²) in [5, 5.41) is 0. The van der Waals surface area contributed by atoms with Gasteiger partial charge in [-0.15, -0.1) is 0 Å². The number of hydrogen-bond donors (Lipinski definition) is 1. The van der Waals surface area contributed by atoms with E-state index in [1.54, 1.807) is 0 Å². The SMILES string of the molecule is CCC(N)C(Oc1ccc(S(C)(=O)=O)cc1)C(F)(F)F. The first-order valence-corrected chi connectivity index (χ1v) is 7.74. The Morgan fingerprint density at radius 2 is 1.75 bits per heavy atom. The molecule has 8 heteroatoms. The van der Waals surface area contributed by atoms with Gasteiger partial charge >= 0.3 is 6.18 Å². The summed E-state index contributed by atoms with van der Waals surface area (Å²) in [6.45, 7) is 1.53. The quantitative estimate of drug-likeness (QED) is 0.904. The van der Waals surface area contributed by atoms with E-state index in [1.165, 1.54) is 31.2 Å². The molecular weight excluding hydrogens is 295 g/mol. The zero-order chi connectivity index (χ0) is 15.6. The molecule has 0 aliphatic heterocycles. The molecule has 0 saturated carbocycles. The second-order valence-electron chi connectivity index (χ2n) is 4.40. The maximum absolute atomic E-state index is 12.8. The molecule has 4 nitrogen and oxygen atoms in total. The average molecular weight is 311 g/mol. The first-order chi connectivity index (χ1) is 9.05. The van der Waals surface area contributed by atoms with Gasteiger partial charge in [-0.05, 0) is 30.7 Å². The Kier molecular flexibility index (Phi) is 5.04. The Morgan fingerprint density at radius 3 is 2.10 bits per heavy atom. The van der Waals surface area contributed by atoms with Gasteiger partial charge in [0.05, 0.1) is 10.9 Å². The Balaban J connectivity index is 2.96. The second-order valence-corrected chi connectivity index (χ2v) is 6.41. The predicted molar refractivity (Wildman–Crippen MR) is 68.3 cm³/mol. The molecule has 1 aromatic carbocycles. The van der Waals surface area contributed by atoms with E-state index < -0.39 is 28.2 Å². The van der Waals surface area contributed by atoms with Crippen molar-refractivity contribution in [2.24, 2.45) is 5.73 Å². The summed E-state index contributed by atoms with van der Waals surface area (Å²) in [7, 11) is -3.40. The molecule has 0 amide bonds. The maximum atomic E-state index is 12.8. The van der Waals surface area contributed by atoms with Gasteiger partial charge in [0, 0.05) is 6.26 Å². The molecule has 2 atom stereocenters. The first kappa shape index (κ1) is 16.8. The lowest BCUT2D eigenvalue weighted by Crippen LogP contribution is -2.48. The van der Waals surface area contributed by atoms with Gasteiger partial charge in [-0.3, -0.25) is 0 Å². The van der Waals surface area contributed by atoms with Crippen molar-refractivity contribution in [2.75, 3.05) is 6.26 Å². The molecule has 1 rings (SSSR count). The highest BCUT2D eigenvalue weighted by Crippen LogP contribution is 2.28. The molecule has 20 heavy (non-hydrogen) atoms. The van der Waals surface area contributed by atoms with Gasteiger partial charge in [0.2, 0.25) is 6.10 Å². The topological polar surface area (TPSA) is 69.4 Å². The minimum Gasteiger partial charge on any atom is -0.479 e. The van der Waals surface area contributed by atoms with Crippen LogP contribution in [0.15, 0.2) is 29.2 Å². The van der Waals surface area contributed by atoms with Crippen molar-refractivity contribution in [1.82, 2.24) is 0 Å². The van der Waals surface area contributed by atoms with E-state index in [4.69, 9.17) is 10.5 Å². The average Bonchev–Trinajstić information content (AvgIpc) is 2.33. The van der Waals surface area contributed by atoms with Gasteiger partial charge < -0.3 is 10.5 Å². The smallest absolute Gasteiger partial charge is 0.426 e. The Labute approximate surface area is 115 Å². The van der Waals surface area contributed by atoms with Gasteiger partial charge in [-0.25, -0.2) is 8.42 Å². The number of benzene rings is 1. The zero-order valence-corrected chi connectivity index (χ0v) is 11.8. The van der Waals surface area contributed by atoms with E-state index in [1.807, 2.05) is 0 Å². The van der Waals surface area contributed by atoms with Gasteiger partial charge in [0.15, 0.2) is 9.84 Å². The third-order valence-corrected chi connectivity index (χ3v) is 3.83. The van der Waals surface area contributed by atoms with Crippen LogP contribution in [-0.2, 0) is 9.84 Å². The van der Waals surface area contributed by atoms with E-state index in [0.29, 0.717) is 0 Å². The van der Waals surface area contributed by atoms with E-state index in [9.17, 15) is 21.6 Å². The minimum atomic E-state index is -4.59. The van der Waals surface area contributed by atoms with Crippen LogP contribution < -0.4 is 10.5 Å². The second kappa shape index (κ2) is 6.01. The molecule has 0 spiro atoms. The molecule has 0 radical (unpaired) electrons. The molecule has 2 N–H and O–H groups in total. The lowest BCUT2D eigenvalue weighted by atomic mass is 10.1. The number of ether oxygens (including phenoxy) is 1. The van der Waals surface area contributed by atoms with Gasteiger partial charge in [-0.2, -0.15) is 13.2 Å². The standard InChI is InChI=1S/C12H16F3NO3S/c1-3-10(16)11(12(13,14)15)19-8-4-6-9(7-5-8)20(2,17)18/h4-7,10-11H,3,16H2,1-2H3. The summed E-state index contributed by atoms with van der Waals surface area (Å²) >= 11 is 0. The van der Waals surface area contributed by atoms with Crippen molar-refractivity contribution in [1.29, 1.82) is 0 Å². The van der Waals surface area contributed by atoms with Crippen LogP contribution in [0.25, 0.3) is 0 Å². The fraction of sp³-hybridized carbons (Fsp3) is 0.500. The van der Waals surface area contributed by atoms with Gasteiger partial charge in [-0.1, -0.05) is 6.92 Å². The normalized spacial score (nSPS) is 15.7. The van der Waals surface area contributed by atoms with Crippen LogP contribution >= 0.6 is 0 Å². The van der Waals surface area contributed by atoms with Crippen LogP contribution in [0.4, 0.5) is 13.2 Å². The highest BCUT2D eigenvalue weighted by Gasteiger charge is 2.45. The van der Waals surface area contributed by atoms with Crippen LogP contribution in [0.2, 0.25) is 0 Å². The number of alkyl halides is 3. The highest BCUT2D eigenvalue weighted by molar-refractivity contribution is 7.90. The van der Waals surface area contributed by atoms with E-state index >= 15 is 0 Å². The summed E-state index contributed by atoms with van der Waals surface area (Å²) in [6.07, 6.45) is -5.61. The molecule has 0 aliphatic carbocycles. The lowest BCUT2D eigenvalue weighted by Gasteiger charge is -2.26. The Hall–Kier alpha value is -1.28. The minimum absolute atomic E-state index is 0.00759. The van der Waals surface area contributed by atoms with Crippen LogP contribution in [0, 0.1) is 0 Å². The van der Waals surface area contributed by atoms with E-state index in [2.05, 4.69) is 0 Å². The molecule has 2 unspecified atom stereocenters. The zero-order valence-electron chi connectivity index (χ0n) is 11.0. The third-order valence-electron chi connectivity index (χ3n) is 2.70. The molecule has 0 saturated heterocycles. The number of halogens is 3. The largest absolute Gasteiger partial charge is 0.479 e. The molecule has 0 heterocycles. The number of nitrogens with two attached hydrogens (primary N) is 1. The van der Waals surface area contributed by atoms with Crippen molar-refractivity contribution in [2.45, 2.75) is 36.6 Å². The lowest BCUT2D eigenvalue weighted by molar-refractivity contribution is -0.200. The molecule has 0 bridgehead atoms. The van der Waals surface area contributed by atoms with Crippen molar-refractivity contribution in [3.63, 3.8) is 0 Å². The summed E-state index contributed by atoms with van der Waals surface area (Å²) in [4.78, 5) is 0.00759. The van der Waals surface area contributed by atoms with Crippen molar-refractivity contribution in [3.8, 4) is 5.75 Å². The molecule has 0 aromatic heterocycles. The molecule has 0 aliphatic rings. The van der Waals surface area contributed by atoms with Crippen molar-refractivity contribution < 1.29 is 26.3 Å². The van der Waals surface area contributed by atoms with Crippen LogP contribution in [0.1, 0.15) is 13.3 Å². The van der Waals surface area contributed by atoms with Gasteiger partial charge in [0.25, 0.3) is 0 Å². The molecular formula is C12H16F3NO3S. The summed E-state index contributed by atoms with van der Waals surface area (Å²) in [6, 6.07) is 3.55. The highest BCUT2D eigenvalue weighted by atomic mass is 32.2. The summed E-state index contributed by atoms with van der Waals surface area (Å²) in [5.74, 6) is -0.0800. The van der Waals surface area contributed by atoms with Crippen LogP contribution in [-0.4, -0.2) is 33.0 Å². The monoisotopic (exact) mass is 311 g/mol. The molecule has 0 fully saturated rings. The third kappa shape index (κ3) is 4.38. The maximum Gasteiger partial charge on any atom is 0.426 e. The Morgan fingerprint density at radius 1 is 1.25 bits per heavy atom. The van der Waals surface area contributed by atoms with Gasteiger partial charge in [0.1, 0.15) is 5.75 Å².